The van der Waals surface area contributed by atoms with E-state index in [1.807, 2.05) is 12.1 Å². The van der Waals surface area contributed by atoms with Crippen LogP contribution < -0.4 is 5.32 Å². The molecule has 1 aromatic rings. The van der Waals surface area contributed by atoms with Crippen LogP contribution in [0.4, 0.5) is 0 Å². The fraction of sp³-hybridized carbons (Fsp3) is 0.571. The van der Waals surface area contributed by atoms with E-state index in [2.05, 4.69) is 5.32 Å². The number of sulfone groups is 1. The summed E-state index contributed by atoms with van der Waals surface area (Å²) >= 11 is 0. The van der Waals surface area contributed by atoms with Gasteiger partial charge in [-0.3, -0.25) is 0 Å². The van der Waals surface area contributed by atoms with Crippen molar-refractivity contribution in [1.82, 2.24) is 5.32 Å². The minimum atomic E-state index is -3.18. The van der Waals surface area contributed by atoms with Gasteiger partial charge in [-0.05, 0) is 68.3 Å². The summed E-state index contributed by atoms with van der Waals surface area (Å²) in [6, 6.07) is 5.71. The lowest BCUT2D eigenvalue weighted by Gasteiger charge is -2.18. The maximum atomic E-state index is 12.5. The first kappa shape index (κ1) is 12.2. The molecule has 1 atom stereocenters. The van der Waals surface area contributed by atoms with Crippen molar-refractivity contribution in [2.24, 2.45) is 0 Å². The molecule has 1 fully saturated rings. The molecule has 18 heavy (non-hydrogen) atoms. The van der Waals surface area contributed by atoms with Gasteiger partial charge in [0, 0.05) is 0 Å². The van der Waals surface area contributed by atoms with Crippen LogP contribution in [0, 0.1) is 0 Å². The van der Waals surface area contributed by atoms with Crippen molar-refractivity contribution in [1.29, 1.82) is 0 Å². The Balaban J connectivity index is 1.96. The van der Waals surface area contributed by atoms with Crippen molar-refractivity contribution < 1.29 is 8.42 Å². The van der Waals surface area contributed by atoms with Gasteiger partial charge in [0.05, 0.1) is 4.90 Å². The smallest absolute Gasteiger partial charge is 0.194 e. The SMILES string of the molecule is O=S(=O)(c1ccc2c(c1)CCCC2)C1CCCN1. The van der Waals surface area contributed by atoms with E-state index >= 15 is 0 Å². The number of hydrogen-bond acceptors (Lipinski definition) is 3. The molecule has 0 radical (unpaired) electrons. The quantitative estimate of drug-likeness (QED) is 0.890. The molecule has 0 saturated carbocycles. The first-order chi connectivity index (χ1) is 8.68. The van der Waals surface area contributed by atoms with Gasteiger partial charge in [0.15, 0.2) is 9.84 Å². The molecule has 1 aliphatic carbocycles. The molecule has 1 N–H and O–H groups in total. The van der Waals surface area contributed by atoms with Crippen molar-refractivity contribution in [3.05, 3.63) is 29.3 Å². The van der Waals surface area contributed by atoms with Crippen LogP contribution in [0.15, 0.2) is 23.1 Å². The third-order valence-corrected chi connectivity index (χ3v) is 6.10. The molecule has 1 unspecified atom stereocenters. The van der Waals surface area contributed by atoms with Crippen LogP contribution in [0.1, 0.15) is 36.8 Å². The van der Waals surface area contributed by atoms with E-state index in [9.17, 15) is 8.42 Å². The number of rotatable bonds is 2. The highest BCUT2D eigenvalue weighted by molar-refractivity contribution is 7.92. The van der Waals surface area contributed by atoms with Gasteiger partial charge in [-0.1, -0.05) is 6.07 Å². The summed E-state index contributed by atoms with van der Waals surface area (Å²) < 4.78 is 24.9. The Kier molecular flexibility index (Phi) is 3.16. The van der Waals surface area contributed by atoms with Gasteiger partial charge in [0.25, 0.3) is 0 Å². The Hall–Kier alpha value is -0.870. The van der Waals surface area contributed by atoms with Crippen LogP contribution in [-0.4, -0.2) is 20.3 Å². The molecule has 1 heterocycles. The Labute approximate surface area is 109 Å². The zero-order valence-electron chi connectivity index (χ0n) is 10.5. The highest BCUT2D eigenvalue weighted by atomic mass is 32.2. The Morgan fingerprint density at radius 2 is 1.83 bits per heavy atom. The molecule has 98 valence electrons. The fourth-order valence-corrected chi connectivity index (χ4v) is 4.68. The van der Waals surface area contributed by atoms with Crippen LogP contribution in [0.3, 0.4) is 0 Å². The van der Waals surface area contributed by atoms with Crippen molar-refractivity contribution >= 4 is 9.84 Å². The summed E-state index contributed by atoms with van der Waals surface area (Å²) in [5, 5.41) is 2.71. The van der Waals surface area contributed by atoms with Gasteiger partial charge in [-0.15, -0.1) is 0 Å². The minimum Gasteiger partial charge on any atom is -0.301 e. The third kappa shape index (κ3) is 2.08. The zero-order chi connectivity index (χ0) is 12.6. The van der Waals surface area contributed by atoms with Crippen LogP contribution in [0.25, 0.3) is 0 Å². The fourth-order valence-electron chi connectivity index (χ4n) is 2.97. The van der Waals surface area contributed by atoms with Crippen LogP contribution in [0.2, 0.25) is 0 Å². The molecule has 3 rings (SSSR count). The third-order valence-electron chi connectivity index (χ3n) is 4.04. The van der Waals surface area contributed by atoms with Gasteiger partial charge in [0.1, 0.15) is 5.37 Å². The maximum Gasteiger partial charge on any atom is 0.194 e. The van der Waals surface area contributed by atoms with Gasteiger partial charge in [-0.2, -0.15) is 0 Å². The zero-order valence-corrected chi connectivity index (χ0v) is 11.3. The molecule has 1 aromatic carbocycles. The summed E-state index contributed by atoms with van der Waals surface area (Å²) in [6.45, 7) is 0.814. The molecule has 0 amide bonds. The molecular weight excluding hydrogens is 246 g/mol. The molecule has 0 spiro atoms. The molecular formula is C14H19NO2S. The van der Waals surface area contributed by atoms with Crippen LogP contribution >= 0.6 is 0 Å². The van der Waals surface area contributed by atoms with Gasteiger partial charge >= 0.3 is 0 Å². The molecule has 0 aromatic heterocycles. The van der Waals surface area contributed by atoms with E-state index in [-0.39, 0.29) is 5.37 Å². The predicted octanol–water partition coefficient (Wildman–Crippen LogP) is 2.05. The van der Waals surface area contributed by atoms with Gasteiger partial charge < -0.3 is 5.32 Å². The van der Waals surface area contributed by atoms with Crippen molar-refractivity contribution in [3.63, 3.8) is 0 Å². The van der Waals surface area contributed by atoms with Crippen LogP contribution in [-0.2, 0) is 22.7 Å². The highest BCUT2D eigenvalue weighted by Gasteiger charge is 2.30. The maximum absolute atomic E-state index is 12.5. The van der Waals surface area contributed by atoms with Crippen molar-refractivity contribution in [2.45, 2.75) is 48.8 Å². The largest absolute Gasteiger partial charge is 0.301 e. The number of hydrogen-bond donors (Lipinski definition) is 1. The molecule has 0 bridgehead atoms. The lowest BCUT2D eigenvalue weighted by atomic mass is 9.92. The summed E-state index contributed by atoms with van der Waals surface area (Å²) in [5.74, 6) is 0. The lowest BCUT2D eigenvalue weighted by Crippen LogP contribution is -2.31. The number of benzene rings is 1. The summed E-state index contributed by atoms with van der Waals surface area (Å²) in [4.78, 5) is 0.502. The minimum absolute atomic E-state index is 0.376. The number of nitrogens with one attached hydrogen (secondary N) is 1. The second-order valence-corrected chi connectivity index (χ2v) is 7.40. The van der Waals surface area contributed by atoms with Crippen LogP contribution in [0.5, 0.6) is 0 Å². The number of fused-ring (bicyclic) bond motifs is 1. The topological polar surface area (TPSA) is 46.2 Å². The summed E-state index contributed by atoms with van der Waals surface area (Å²) in [7, 11) is -3.18. The standard InChI is InChI=1S/C14H19NO2S/c16-18(17,14-6-3-9-15-14)13-8-7-11-4-1-2-5-12(11)10-13/h7-8,10,14-15H,1-6,9H2. The van der Waals surface area contributed by atoms with Gasteiger partial charge in [0.2, 0.25) is 0 Å². The molecule has 1 aliphatic heterocycles. The first-order valence-corrected chi connectivity index (χ1v) is 8.32. The van der Waals surface area contributed by atoms with E-state index in [1.165, 1.54) is 24.0 Å². The highest BCUT2D eigenvalue weighted by Crippen LogP contribution is 2.27. The number of aryl methyl sites for hydroxylation is 2. The summed E-state index contributed by atoms with van der Waals surface area (Å²) in [6.07, 6.45) is 6.21. The first-order valence-electron chi connectivity index (χ1n) is 6.77. The predicted molar refractivity (Wildman–Crippen MR) is 71.3 cm³/mol. The van der Waals surface area contributed by atoms with Crippen molar-refractivity contribution in [2.75, 3.05) is 6.54 Å². The van der Waals surface area contributed by atoms with E-state index in [1.54, 1.807) is 6.07 Å². The monoisotopic (exact) mass is 265 g/mol. The van der Waals surface area contributed by atoms with E-state index in [4.69, 9.17) is 0 Å². The Morgan fingerprint density at radius 3 is 2.56 bits per heavy atom. The molecule has 1 saturated heterocycles. The average molecular weight is 265 g/mol. The Bertz CT molecular complexity index is 545. The van der Waals surface area contributed by atoms with E-state index in [0.29, 0.717) is 4.90 Å². The summed E-state index contributed by atoms with van der Waals surface area (Å²) in [5.41, 5.74) is 2.57. The van der Waals surface area contributed by atoms with Gasteiger partial charge in [-0.25, -0.2) is 8.42 Å². The molecule has 2 aliphatic rings. The normalized spacial score (nSPS) is 23.9. The molecule has 4 heteroatoms. The molecule has 3 nitrogen and oxygen atoms in total. The second kappa shape index (κ2) is 4.67. The average Bonchev–Trinajstić information content (AvgIpc) is 2.92. The van der Waals surface area contributed by atoms with E-state index in [0.717, 1.165) is 32.2 Å². The van der Waals surface area contributed by atoms with E-state index < -0.39 is 9.84 Å². The second-order valence-electron chi connectivity index (χ2n) is 5.27. The van der Waals surface area contributed by atoms with Crippen molar-refractivity contribution in [3.8, 4) is 0 Å². The lowest BCUT2D eigenvalue weighted by molar-refractivity contribution is 0.571. The Morgan fingerprint density at radius 1 is 1.06 bits per heavy atom.